The number of β-amino-alcohol motifs (C(OH)–C–C–N with tert-alkyl or cyclic N) is 1. The molecule has 30 heavy (non-hydrogen) atoms. The van der Waals surface area contributed by atoms with Gasteiger partial charge in [0.1, 0.15) is 11.6 Å². The van der Waals surface area contributed by atoms with E-state index >= 15 is 0 Å². The summed E-state index contributed by atoms with van der Waals surface area (Å²) in [5, 5.41) is 17.8. The van der Waals surface area contributed by atoms with Crippen LogP contribution in [-0.2, 0) is 13.6 Å². The number of anilines is 2. The minimum absolute atomic E-state index is 0. The molecule has 0 amide bonds. The summed E-state index contributed by atoms with van der Waals surface area (Å²) in [6.07, 6.45) is 1.79. The van der Waals surface area contributed by atoms with Crippen LogP contribution in [0.2, 0.25) is 0 Å². The molecule has 162 valence electrons. The predicted octanol–water partition coefficient (Wildman–Crippen LogP) is 1.52. The minimum atomic E-state index is 0. The molecule has 10 heteroatoms. The molecule has 2 N–H and O–H groups in total. The average Bonchev–Trinajstić information content (AvgIpc) is 3.14. The fourth-order valence-electron chi connectivity index (χ4n) is 3.63. The quantitative estimate of drug-likeness (QED) is 0.579. The van der Waals surface area contributed by atoms with Gasteiger partial charge >= 0.3 is 0 Å². The van der Waals surface area contributed by atoms with Crippen LogP contribution in [0.4, 0.5) is 11.8 Å². The van der Waals surface area contributed by atoms with E-state index in [2.05, 4.69) is 20.2 Å². The number of ether oxygens (including phenoxy) is 1. The fourth-order valence-corrected chi connectivity index (χ4v) is 3.63. The molecule has 1 fully saturated rings. The van der Waals surface area contributed by atoms with E-state index in [1.807, 2.05) is 31.3 Å². The number of piperazine rings is 1. The lowest BCUT2D eigenvalue weighted by atomic mass is 10.2. The van der Waals surface area contributed by atoms with Crippen molar-refractivity contribution in [3.63, 3.8) is 0 Å². The number of halogens is 1. The highest BCUT2D eigenvalue weighted by molar-refractivity contribution is 5.87. The minimum Gasteiger partial charge on any atom is -0.496 e. The molecule has 1 saturated heterocycles. The number of rotatable bonds is 7. The molecule has 3 heterocycles. The van der Waals surface area contributed by atoms with Gasteiger partial charge in [0.2, 0.25) is 5.95 Å². The second kappa shape index (κ2) is 9.92. The standard InChI is InChI=1S/C20H27N7O2.ClH/c1-25-19-16(14-22-25)18(21-13-15-5-3-4-6-17(15)29-2)23-20(24-19)27-9-7-26(8-10-27)11-12-28;/h3-6,14,28H,7-13H2,1-2H3,(H,21,23,24);1H. The van der Waals surface area contributed by atoms with Crippen molar-refractivity contribution < 1.29 is 9.84 Å². The Kier molecular flexibility index (Phi) is 7.30. The molecule has 0 bridgehead atoms. The lowest BCUT2D eigenvalue weighted by Crippen LogP contribution is -2.47. The van der Waals surface area contributed by atoms with E-state index in [0.717, 1.165) is 54.3 Å². The van der Waals surface area contributed by atoms with Crippen molar-refractivity contribution >= 4 is 35.2 Å². The molecular weight excluding hydrogens is 406 g/mol. The van der Waals surface area contributed by atoms with Crippen LogP contribution in [0.25, 0.3) is 11.0 Å². The molecule has 0 radical (unpaired) electrons. The van der Waals surface area contributed by atoms with Gasteiger partial charge in [0.25, 0.3) is 0 Å². The topological polar surface area (TPSA) is 91.6 Å². The number of aromatic nitrogens is 4. The number of hydrogen-bond acceptors (Lipinski definition) is 8. The summed E-state index contributed by atoms with van der Waals surface area (Å²) >= 11 is 0. The summed E-state index contributed by atoms with van der Waals surface area (Å²) in [6.45, 7) is 4.92. The Morgan fingerprint density at radius 2 is 1.90 bits per heavy atom. The number of aliphatic hydroxyl groups is 1. The molecule has 0 aliphatic carbocycles. The Bertz CT molecular complexity index is 973. The predicted molar refractivity (Wildman–Crippen MR) is 120 cm³/mol. The number of para-hydroxylation sites is 1. The maximum atomic E-state index is 9.15. The number of nitrogens with zero attached hydrogens (tertiary/aromatic N) is 6. The van der Waals surface area contributed by atoms with Crippen LogP contribution in [0.5, 0.6) is 5.75 Å². The highest BCUT2D eigenvalue weighted by atomic mass is 35.5. The van der Waals surface area contributed by atoms with E-state index in [-0.39, 0.29) is 19.0 Å². The summed E-state index contributed by atoms with van der Waals surface area (Å²) in [6, 6.07) is 7.94. The molecule has 2 aromatic heterocycles. The molecule has 0 spiro atoms. The lowest BCUT2D eigenvalue weighted by Gasteiger charge is -2.34. The number of fused-ring (bicyclic) bond motifs is 1. The third-order valence-electron chi connectivity index (χ3n) is 5.29. The van der Waals surface area contributed by atoms with Gasteiger partial charge in [-0.2, -0.15) is 15.1 Å². The summed E-state index contributed by atoms with van der Waals surface area (Å²) in [5.41, 5.74) is 1.86. The van der Waals surface area contributed by atoms with Gasteiger partial charge in [-0.1, -0.05) is 18.2 Å². The summed E-state index contributed by atoms with van der Waals surface area (Å²) in [5.74, 6) is 2.31. The van der Waals surface area contributed by atoms with Gasteiger partial charge in [-0.15, -0.1) is 12.4 Å². The van der Waals surface area contributed by atoms with Gasteiger partial charge in [-0.3, -0.25) is 9.58 Å². The Morgan fingerprint density at radius 3 is 2.63 bits per heavy atom. The first-order valence-corrected chi connectivity index (χ1v) is 9.83. The monoisotopic (exact) mass is 433 g/mol. The van der Waals surface area contributed by atoms with Crippen LogP contribution in [0.15, 0.2) is 30.5 Å². The first kappa shape index (κ1) is 22.1. The first-order chi connectivity index (χ1) is 14.2. The van der Waals surface area contributed by atoms with Gasteiger partial charge in [0.15, 0.2) is 5.65 Å². The Labute approximate surface area is 182 Å². The highest BCUT2D eigenvalue weighted by Crippen LogP contribution is 2.25. The van der Waals surface area contributed by atoms with Crippen molar-refractivity contribution in [2.45, 2.75) is 6.54 Å². The molecule has 0 atom stereocenters. The summed E-state index contributed by atoms with van der Waals surface area (Å²) in [4.78, 5) is 14.0. The Hall–Kier alpha value is -2.62. The molecule has 1 aliphatic heterocycles. The highest BCUT2D eigenvalue weighted by Gasteiger charge is 2.21. The maximum absolute atomic E-state index is 9.15. The van der Waals surface area contributed by atoms with E-state index in [9.17, 15) is 0 Å². The Morgan fingerprint density at radius 1 is 1.13 bits per heavy atom. The van der Waals surface area contributed by atoms with E-state index < -0.39 is 0 Å². The molecule has 3 aromatic rings. The van der Waals surface area contributed by atoms with Crippen LogP contribution < -0.4 is 15.0 Å². The van der Waals surface area contributed by atoms with Gasteiger partial charge in [-0.05, 0) is 6.07 Å². The van der Waals surface area contributed by atoms with Crippen LogP contribution in [0, 0.1) is 0 Å². The third kappa shape index (κ3) is 4.58. The second-order valence-corrected chi connectivity index (χ2v) is 7.10. The molecule has 1 aliphatic rings. The van der Waals surface area contributed by atoms with Gasteiger partial charge in [-0.25, -0.2) is 0 Å². The van der Waals surface area contributed by atoms with E-state index in [0.29, 0.717) is 19.0 Å². The maximum Gasteiger partial charge on any atom is 0.229 e. The zero-order valence-corrected chi connectivity index (χ0v) is 18.1. The second-order valence-electron chi connectivity index (χ2n) is 7.10. The zero-order chi connectivity index (χ0) is 20.2. The fraction of sp³-hybridized carbons (Fsp3) is 0.450. The van der Waals surface area contributed by atoms with Crippen molar-refractivity contribution in [1.82, 2.24) is 24.6 Å². The number of hydrogen-bond donors (Lipinski definition) is 2. The first-order valence-electron chi connectivity index (χ1n) is 9.83. The molecule has 4 rings (SSSR count). The summed E-state index contributed by atoms with van der Waals surface area (Å²) < 4.78 is 7.23. The SMILES string of the molecule is COc1ccccc1CNc1nc(N2CCN(CCO)CC2)nc2c1cnn2C.Cl. The molecule has 1 aromatic carbocycles. The van der Waals surface area contributed by atoms with Gasteiger partial charge < -0.3 is 20.1 Å². The molecule has 9 nitrogen and oxygen atoms in total. The smallest absolute Gasteiger partial charge is 0.229 e. The normalized spacial score (nSPS) is 14.6. The molecule has 0 unspecified atom stereocenters. The largest absolute Gasteiger partial charge is 0.496 e. The number of aryl methyl sites for hydroxylation is 1. The number of nitrogens with one attached hydrogen (secondary N) is 1. The van der Waals surface area contributed by atoms with Crippen molar-refractivity contribution in [1.29, 1.82) is 0 Å². The van der Waals surface area contributed by atoms with Crippen LogP contribution in [0.1, 0.15) is 5.56 Å². The third-order valence-corrected chi connectivity index (χ3v) is 5.29. The number of methoxy groups -OCH3 is 1. The molecular formula is C20H28ClN7O2. The van der Waals surface area contributed by atoms with Crippen molar-refractivity contribution in [3.8, 4) is 5.75 Å². The number of benzene rings is 1. The molecule has 0 saturated carbocycles. The van der Waals surface area contributed by atoms with E-state index in [1.165, 1.54) is 0 Å². The van der Waals surface area contributed by atoms with Gasteiger partial charge in [0, 0.05) is 51.9 Å². The van der Waals surface area contributed by atoms with Crippen molar-refractivity contribution in [2.24, 2.45) is 7.05 Å². The van der Waals surface area contributed by atoms with Crippen LogP contribution >= 0.6 is 12.4 Å². The Balaban J connectivity index is 0.00000256. The van der Waals surface area contributed by atoms with E-state index in [4.69, 9.17) is 19.8 Å². The van der Waals surface area contributed by atoms with Gasteiger partial charge in [0.05, 0.1) is 25.3 Å². The van der Waals surface area contributed by atoms with Crippen molar-refractivity contribution in [2.75, 3.05) is 56.7 Å². The number of aliphatic hydroxyl groups excluding tert-OH is 1. The average molecular weight is 434 g/mol. The van der Waals surface area contributed by atoms with Crippen LogP contribution in [-0.4, -0.2) is 76.2 Å². The lowest BCUT2D eigenvalue weighted by molar-refractivity contribution is 0.188. The van der Waals surface area contributed by atoms with Crippen LogP contribution in [0.3, 0.4) is 0 Å². The zero-order valence-electron chi connectivity index (χ0n) is 17.3. The van der Waals surface area contributed by atoms with Crippen molar-refractivity contribution in [3.05, 3.63) is 36.0 Å². The summed E-state index contributed by atoms with van der Waals surface area (Å²) in [7, 11) is 3.57. The van der Waals surface area contributed by atoms with E-state index in [1.54, 1.807) is 18.0 Å².